The zero-order chi connectivity index (χ0) is 10.4. The van der Waals surface area contributed by atoms with Gasteiger partial charge in [-0.2, -0.15) is 0 Å². The molecular formula is C12H19NO. The van der Waals surface area contributed by atoms with E-state index in [9.17, 15) is 0 Å². The van der Waals surface area contributed by atoms with Crippen LogP contribution >= 0.6 is 0 Å². The van der Waals surface area contributed by atoms with Crippen molar-refractivity contribution in [1.82, 2.24) is 0 Å². The van der Waals surface area contributed by atoms with Crippen LogP contribution in [0, 0.1) is 6.92 Å². The number of hydrogen-bond acceptors (Lipinski definition) is 2. The van der Waals surface area contributed by atoms with E-state index in [1.807, 2.05) is 6.92 Å². The second kappa shape index (κ2) is 5.66. The molecule has 2 heteroatoms. The highest BCUT2D eigenvalue weighted by Crippen LogP contribution is 2.09. The maximum absolute atomic E-state index is 5.33. The molecule has 0 aliphatic rings. The van der Waals surface area contributed by atoms with Gasteiger partial charge in [-0.25, -0.2) is 0 Å². The molecule has 0 radical (unpaired) electrons. The SMILES string of the molecule is CCOCC(C)Nc1ccc(C)cc1. The van der Waals surface area contributed by atoms with E-state index < -0.39 is 0 Å². The Morgan fingerprint density at radius 2 is 1.93 bits per heavy atom. The molecule has 1 aromatic rings. The molecule has 0 aromatic heterocycles. The average molecular weight is 193 g/mol. The molecule has 1 atom stereocenters. The summed E-state index contributed by atoms with van der Waals surface area (Å²) in [7, 11) is 0. The number of nitrogens with one attached hydrogen (secondary N) is 1. The summed E-state index contributed by atoms with van der Waals surface area (Å²) in [6.45, 7) is 7.76. The van der Waals surface area contributed by atoms with Crippen LogP contribution in [0.4, 0.5) is 5.69 Å². The second-order valence-corrected chi connectivity index (χ2v) is 3.57. The van der Waals surface area contributed by atoms with Crippen molar-refractivity contribution in [3.8, 4) is 0 Å². The molecule has 0 fully saturated rings. The smallest absolute Gasteiger partial charge is 0.0664 e. The van der Waals surface area contributed by atoms with Gasteiger partial charge in [0.15, 0.2) is 0 Å². The molecule has 0 saturated heterocycles. The molecule has 14 heavy (non-hydrogen) atoms. The van der Waals surface area contributed by atoms with Crippen molar-refractivity contribution in [2.75, 3.05) is 18.5 Å². The second-order valence-electron chi connectivity index (χ2n) is 3.57. The average Bonchev–Trinajstić information content (AvgIpc) is 2.18. The van der Waals surface area contributed by atoms with Crippen molar-refractivity contribution in [1.29, 1.82) is 0 Å². The van der Waals surface area contributed by atoms with Gasteiger partial charge in [0.25, 0.3) is 0 Å². The summed E-state index contributed by atoms with van der Waals surface area (Å²) >= 11 is 0. The van der Waals surface area contributed by atoms with Gasteiger partial charge >= 0.3 is 0 Å². The maximum Gasteiger partial charge on any atom is 0.0664 e. The van der Waals surface area contributed by atoms with Gasteiger partial charge in [-0.05, 0) is 32.9 Å². The van der Waals surface area contributed by atoms with Crippen LogP contribution in [-0.4, -0.2) is 19.3 Å². The molecule has 2 nitrogen and oxygen atoms in total. The Balaban J connectivity index is 2.39. The first kappa shape index (κ1) is 11.1. The van der Waals surface area contributed by atoms with E-state index in [1.54, 1.807) is 0 Å². The molecule has 0 heterocycles. The fourth-order valence-corrected chi connectivity index (χ4v) is 1.27. The molecule has 1 aromatic carbocycles. The van der Waals surface area contributed by atoms with Crippen LogP contribution in [0.5, 0.6) is 0 Å². The van der Waals surface area contributed by atoms with Gasteiger partial charge in [0.05, 0.1) is 6.61 Å². The number of hydrogen-bond donors (Lipinski definition) is 1. The molecule has 0 saturated carbocycles. The van der Waals surface area contributed by atoms with E-state index in [0.717, 1.165) is 18.9 Å². The minimum Gasteiger partial charge on any atom is -0.380 e. The lowest BCUT2D eigenvalue weighted by atomic mass is 10.2. The van der Waals surface area contributed by atoms with Crippen molar-refractivity contribution in [2.45, 2.75) is 26.8 Å². The van der Waals surface area contributed by atoms with Gasteiger partial charge in [0.2, 0.25) is 0 Å². The first-order valence-electron chi connectivity index (χ1n) is 5.13. The zero-order valence-corrected chi connectivity index (χ0v) is 9.21. The van der Waals surface area contributed by atoms with Crippen LogP contribution in [0.25, 0.3) is 0 Å². The van der Waals surface area contributed by atoms with E-state index in [1.165, 1.54) is 5.56 Å². The van der Waals surface area contributed by atoms with Crippen molar-refractivity contribution in [3.05, 3.63) is 29.8 Å². The normalized spacial score (nSPS) is 12.5. The van der Waals surface area contributed by atoms with Crippen LogP contribution in [0.2, 0.25) is 0 Å². The number of ether oxygens (including phenoxy) is 1. The van der Waals surface area contributed by atoms with Crippen LogP contribution < -0.4 is 5.32 Å². The third kappa shape index (κ3) is 3.79. The van der Waals surface area contributed by atoms with Gasteiger partial charge in [-0.15, -0.1) is 0 Å². The minimum atomic E-state index is 0.359. The molecule has 0 spiro atoms. The Morgan fingerprint density at radius 3 is 2.50 bits per heavy atom. The molecule has 0 aliphatic heterocycles. The topological polar surface area (TPSA) is 21.3 Å². The predicted molar refractivity (Wildman–Crippen MR) is 60.8 cm³/mol. The fraction of sp³-hybridized carbons (Fsp3) is 0.500. The Labute approximate surface area is 86.3 Å². The van der Waals surface area contributed by atoms with Crippen LogP contribution in [-0.2, 0) is 4.74 Å². The maximum atomic E-state index is 5.33. The molecule has 0 amide bonds. The molecule has 0 bridgehead atoms. The summed E-state index contributed by atoms with van der Waals surface area (Å²) in [5, 5.41) is 3.38. The first-order valence-corrected chi connectivity index (χ1v) is 5.13. The first-order chi connectivity index (χ1) is 6.72. The van der Waals surface area contributed by atoms with Crippen molar-refractivity contribution in [2.24, 2.45) is 0 Å². The Kier molecular flexibility index (Phi) is 4.47. The molecule has 1 rings (SSSR count). The van der Waals surface area contributed by atoms with Gasteiger partial charge in [-0.3, -0.25) is 0 Å². The predicted octanol–water partition coefficient (Wildman–Crippen LogP) is 2.83. The van der Waals surface area contributed by atoms with Crippen LogP contribution in [0.1, 0.15) is 19.4 Å². The standard InChI is InChI=1S/C12H19NO/c1-4-14-9-11(3)13-12-7-5-10(2)6-8-12/h5-8,11,13H,4,9H2,1-3H3. The van der Waals surface area contributed by atoms with E-state index >= 15 is 0 Å². The summed E-state index contributed by atoms with van der Waals surface area (Å²) in [5.41, 5.74) is 2.44. The van der Waals surface area contributed by atoms with E-state index in [4.69, 9.17) is 4.74 Å². The lowest BCUT2D eigenvalue weighted by Gasteiger charge is -2.14. The molecule has 1 N–H and O–H groups in total. The quantitative estimate of drug-likeness (QED) is 0.776. The van der Waals surface area contributed by atoms with E-state index in [0.29, 0.717) is 6.04 Å². The number of rotatable bonds is 5. The third-order valence-electron chi connectivity index (χ3n) is 2.04. The van der Waals surface area contributed by atoms with Crippen LogP contribution in [0.15, 0.2) is 24.3 Å². The zero-order valence-electron chi connectivity index (χ0n) is 9.21. The van der Waals surface area contributed by atoms with Crippen LogP contribution in [0.3, 0.4) is 0 Å². The van der Waals surface area contributed by atoms with E-state index in [2.05, 4.69) is 43.4 Å². The Morgan fingerprint density at radius 1 is 1.29 bits per heavy atom. The van der Waals surface area contributed by atoms with Gasteiger partial charge in [0, 0.05) is 18.3 Å². The minimum absolute atomic E-state index is 0.359. The molecular weight excluding hydrogens is 174 g/mol. The lowest BCUT2D eigenvalue weighted by Crippen LogP contribution is -2.21. The fourth-order valence-electron chi connectivity index (χ4n) is 1.27. The van der Waals surface area contributed by atoms with Gasteiger partial charge < -0.3 is 10.1 Å². The highest BCUT2D eigenvalue weighted by molar-refractivity contribution is 5.45. The summed E-state index contributed by atoms with van der Waals surface area (Å²) in [6.07, 6.45) is 0. The lowest BCUT2D eigenvalue weighted by molar-refractivity contribution is 0.141. The third-order valence-corrected chi connectivity index (χ3v) is 2.04. The summed E-state index contributed by atoms with van der Waals surface area (Å²) in [5.74, 6) is 0. The van der Waals surface area contributed by atoms with E-state index in [-0.39, 0.29) is 0 Å². The Hall–Kier alpha value is -1.02. The molecule has 78 valence electrons. The summed E-state index contributed by atoms with van der Waals surface area (Å²) in [6, 6.07) is 8.76. The van der Waals surface area contributed by atoms with Gasteiger partial charge in [-0.1, -0.05) is 17.7 Å². The van der Waals surface area contributed by atoms with Crippen molar-refractivity contribution >= 4 is 5.69 Å². The largest absolute Gasteiger partial charge is 0.380 e. The van der Waals surface area contributed by atoms with Crippen molar-refractivity contribution < 1.29 is 4.74 Å². The number of anilines is 1. The van der Waals surface area contributed by atoms with Crippen molar-refractivity contribution in [3.63, 3.8) is 0 Å². The summed E-state index contributed by atoms with van der Waals surface area (Å²) < 4.78 is 5.33. The number of aryl methyl sites for hydroxylation is 1. The number of benzene rings is 1. The monoisotopic (exact) mass is 193 g/mol. The van der Waals surface area contributed by atoms with Gasteiger partial charge in [0.1, 0.15) is 0 Å². The summed E-state index contributed by atoms with van der Waals surface area (Å²) in [4.78, 5) is 0. The molecule has 0 aliphatic carbocycles. The molecule has 1 unspecified atom stereocenters. The highest BCUT2D eigenvalue weighted by Gasteiger charge is 2.00. The Bertz CT molecular complexity index is 256. The highest BCUT2D eigenvalue weighted by atomic mass is 16.5.